The van der Waals surface area contributed by atoms with Crippen LogP contribution < -0.4 is 15.8 Å². The molecule has 0 aliphatic heterocycles. The fourth-order valence-corrected chi connectivity index (χ4v) is 1.95. The lowest BCUT2D eigenvalue weighted by Gasteiger charge is -2.14. The minimum Gasteiger partial charge on any atom is -0.490 e. The predicted molar refractivity (Wildman–Crippen MR) is 83.1 cm³/mol. The zero-order valence-corrected chi connectivity index (χ0v) is 13.5. The van der Waals surface area contributed by atoms with Gasteiger partial charge < -0.3 is 15.8 Å². The lowest BCUT2D eigenvalue weighted by molar-refractivity contribution is -0.117. The molecule has 0 unspecified atom stereocenters. The van der Waals surface area contributed by atoms with E-state index in [1.807, 2.05) is 0 Å². The summed E-state index contributed by atoms with van der Waals surface area (Å²) >= 11 is 0. The van der Waals surface area contributed by atoms with Gasteiger partial charge in [0.1, 0.15) is 5.82 Å². The molecule has 0 bridgehead atoms. The van der Waals surface area contributed by atoms with Gasteiger partial charge in [-0.05, 0) is 13.0 Å². The van der Waals surface area contributed by atoms with Crippen LogP contribution in [0.15, 0.2) is 18.3 Å². The Hall–Kier alpha value is -2.91. The number of nitrogens with one attached hydrogen (secondary N) is 1. The molecule has 0 saturated heterocycles. The number of nitrogens with zero attached hydrogens (tertiary/aromatic N) is 3. The number of amides is 1. The highest BCUT2D eigenvalue weighted by atomic mass is 19.3. The van der Waals surface area contributed by atoms with Crippen LogP contribution in [0.3, 0.4) is 0 Å². The van der Waals surface area contributed by atoms with E-state index in [1.165, 1.54) is 12.3 Å². The molecule has 0 aliphatic rings. The van der Waals surface area contributed by atoms with E-state index in [0.29, 0.717) is 19.2 Å². The predicted octanol–water partition coefficient (Wildman–Crippen LogP) is 2.29. The van der Waals surface area contributed by atoms with Gasteiger partial charge in [-0.15, -0.1) is 0 Å². The first-order chi connectivity index (χ1) is 11.7. The van der Waals surface area contributed by atoms with Crippen molar-refractivity contribution in [3.05, 3.63) is 35.8 Å². The Morgan fingerprint density at radius 3 is 2.68 bits per heavy atom. The van der Waals surface area contributed by atoms with Gasteiger partial charge in [-0.3, -0.25) is 9.78 Å². The molecule has 0 aliphatic carbocycles. The largest absolute Gasteiger partial charge is 0.490 e. The van der Waals surface area contributed by atoms with Crippen molar-refractivity contribution in [2.24, 2.45) is 5.73 Å². The first kappa shape index (κ1) is 18.4. The van der Waals surface area contributed by atoms with Crippen molar-refractivity contribution in [1.29, 1.82) is 0 Å². The van der Waals surface area contributed by atoms with E-state index in [0.717, 1.165) is 6.07 Å². The second-order valence-electron chi connectivity index (χ2n) is 5.16. The first-order valence-corrected chi connectivity index (χ1v) is 7.29. The third-order valence-electron chi connectivity index (χ3n) is 2.93. The highest BCUT2D eigenvalue weighted by Gasteiger charge is 2.29. The molecule has 1 amide bonds. The van der Waals surface area contributed by atoms with Crippen LogP contribution in [0.4, 0.5) is 24.7 Å². The van der Waals surface area contributed by atoms with Gasteiger partial charge in [0.05, 0.1) is 30.6 Å². The minimum atomic E-state index is -3.41. The maximum Gasteiger partial charge on any atom is 0.304 e. The van der Waals surface area contributed by atoms with Crippen LogP contribution in [0.5, 0.6) is 5.75 Å². The third-order valence-corrected chi connectivity index (χ3v) is 2.93. The van der Waals surface area contributed by atoms with Crippen LogP contribution in [0.1, 0.15) is 25.4 Å². The highest BCUT2D eigenvalue weighted by molar-refractivity contribution is 5.77. The Kier molecular flexibility index (Phi) is 5.40. The van der Waals surface area contributed by atoms with E-state index >= 15 is 0 Å². The van der Waals surface area contributed by atoms with Gasteiger partial charge in [0.25, 0.3) is 0 Å². The quantitative estimate of drug-likeness (QED) is 0.739. The second kappa shape index (κ2) is 7.32. The molecule has 2 aromatic heterocycles. The summed E-state index contributed by atoms with van der Waals surface area (Å²) in [6.07, 6.45) is 1.22. The number of anilines is 2. The molecule has 2 rings (SSSR count). The molecule has 7 nitrogen and oxygen atoms in total. The summed E-state index contributed by atoms with van der Waals surface area (Å²) in [7, 11) is 0. The zero-order valence-electron chi connectivity index (χ0n) is 13.5. The van der Waals surface area contributed by atoms with E-state index in [-0.39, 0.29) is 23.7 Å². The van der Waals surface area contributed by atoms with Crippen LogP contribution in [0.25, 0.3) is 0 Å². The molecule has 25 heavy (non-hydrogen) atoms. The van der Waals surface area contributed by atoms with E-state index in [2.05, 4.69) is 20.3 Å². The summed E-state index contributed by atoms with van der Waals surface area (Å²) in [6.45, 7) is 2.61. The fourth-order valence-electron chi connectivity index (χ4n) is 1.95. The van der Waals surface area contributed by atoms with Crippen LogP contribution in [-0.4, -0.2) is 27.5 Å². The van der Waals surface area contributed by atoms with E-state index < -0.39 is 23.6 Å². The molecular weight excluding hydrogens is 339 g/mol. The average Bonchev–Trinajstić information content (AvgIpc) is 2.48. The highest BCUT2D eigenvalue weighted by Crippen LogP contribution is 2.29. The summed E-state index contributed by atoms with van der Waals surface area (Å²) in [4.78, 5) is 21.7. The van der Waals surface area contributed by atoms with Crippen molar-refractivity contribution in [3.63, 3.8) is 0 Å². The van der Waals surface area contributed by atoms with Crippen LogP contribution in [-0.2, 0) is 17.1 Å². The fraction of sp³-hybridized carbons (Fsp3) is 0.333. The lowest BCUT2D eigenvalue weighted by atomic mass is 10.2. The number of carbonyl (C=O) groups is 1. The maximum absolute atomic E-state index is 13.5. The standard InChI is InChI=1S/C15H16F3N5O2/c1-3-25-10-7-20-8(5-12(19)24)4-9(10)21-13-6-11(16)22-14(23-13)15(2,17)18/h4,6-7H,3,5H2,1-2H3,(H2,19,24)(H,20,21,22,23). The molecule has 134 valence electrons. The van der Waals surface area contributed by atoms with Crippen molar-refractivity contribution in [2.75, 3.05) is 11.9 Å². The Morgan fingerprint density at radius 2 is 2.08 bits per heavy atom. The average molecular weight is 355 g/mol. The van der Waals surface area contributed by atoms with Gasteiger partial charge in [0.2, 0.25) is 17.7 Å². The van der Waals surface area contributed by atoms with Crippen molar-refractivity contribution < 1.29 is 22.7 Å². The van der Waals surface area contributed by atoms with Gasteiger partial charge >= 0.3 is 5.92 Å². The molecular formula is C15H16F3N5O2. The van der Waals surface area contributed by atoms with E-state index in [1.54, 1.807) is 6.92 Å². The Morgan fingerprint density at radius 1 is 1.36 bits per heavy atom. The Labute approximate surface area is 141 Å². The number of rotatable bonds is 7. The molecule has 0 spiro atoms. The lowest BCUT2D eigenvalue weighted by Crippen LogP contribution is -2.16. The molecule has 0 radical (unpaired) electrons. The molecule has 0 saturated carbocycles. The number of pyridine rings is 1. The van der Waals surface area contributed by atoms with Crippen molar-refractivity contribution in [1.82, 2.24) is 15.0 Å². The first-order valence-electron chi connectivity index (χ1n) is 7.29. The number of alkyl halides is 2. The number of nitrogens with two attached hydrogens (primary N) is 1. The molecule has 2 heterocycles. The monoisotopic (exact) mass is 355 g/mol. The number of halogens is 3. The smallest absolute Gasteiger partial charge is 0.304 e. The molecule has 3 N–H and O–H groups in total. The Balaban J connectivity index is 2.40. The number of ether oxygens (including phenoxy) is 1. The zero-order chi connectivity index (χ0) is 18.6. The second-order valence-corrected chi connectivity index (χ2v) is 5.16. The van der Waals surface area contributed by atoms with E-state index in [4.69, 9.17) is 10.5 Å². The number of hydrogen-bond acceptors (Lipinski definition) is 6. The van der Waals surface area contributed by atoms with Crippen LogP contribution in [0, 0.1) is 5.95 Å². The third kappa shape index (κ3) is 5.03. The summed E-state index contributed by atoms with van der Waals surface area (Å²) < 4.78 is 45.6. The van der Waals surface area contributed by atoms with Crippen LogP contribution in [0.2, 0.25) is 0 Å². The van der Waals surface area contributed by atoms with Gasteiger partial charge in [0, 0.05) is 13.0 Å². The number of carbonyl (C=O) groups excluding carboxylic acids is 1. The van der Waals surface area contributed by atoms with Crippen LogP contribution >= 0.6 is 0 Å². The molecule has 2 aromatic rings. The van der Waals surface area contributed by atoms with Crippen molar-refractivity contribution >= 4 is 17.4 Å². The van der Waals surface area contributed by atoms with Gasteiger partial charge in [0.15, 0.2) is 5.75 Å². The molecule has 10 heteroatoms. The van der Waals surface area contributed by atoms with Crippen molar-refractivity contribution in [2.45, 2.75) is 26.2 Å². The summed E-state index contributed by atoms with van der Waals surface area (Å²) in [5, 5.41) is 2.68. The number of aromatic nitrogens is 3. The summed E-state index contributed by atoms with van der Waals surface area (Å²) in [5.74, 6) is -5.99. The van der Waals surface area contributed by atoms with E-state index in [9.17, 15) is 18.0 Å². The SMILES string of the molecule is CCOc1cnc(CC(N)=O)cc1Nc1cc(F)nc(C(C)(F)F)n1. The van der Waals surface area contributed by atoms with Crippen molar-refractivity contribution in [3.8, 4) is 5.75 Å². The normalized spacial score (nSPS) is 11.2. The summed E-state index contributed by atoms with van der Waals surface area (Å²) in [5.41, 5.74) is 5.73. The molecule has 0 fully saturated rings. The number of hydrogen-bond donors (Lipinski definition) is 2. The topological polar surface area (TPSA) is 103 Å². The van der Waals surface area contributed by atoms with Gasteiger partial charge in [-0.2, -0.15) is 18.2 Å². The molecule has 0 aromatic carbocycles. The minimum absolute atomic E-state index is 0.127. The summed E-state index contributed by atoms with van der Waals surface area (Å²) in [6, 6.07) is 2.30. The maximum atomic E-state index is 13.5. The van der Waals surface area contributed by atoms with Gasteiger partial charge in [-0.25, -0.2) is 4.98 Å². The Bertz CT molecular complexity index is 780. The molecule has 0 atom stereocenters. The number of primary amides is 1. The van der Waals surface area contributed by atoms with Gasteiger partial charge in [-0.1, -0.05) is 0 Å².